The van der Waals surface area contributed by atoms with Gasteiger partial charge >= 0.3 is 17.1 Å². The third-order valence-electron chi connectivity index (χ3n) is 4.10. The molecule has 0 aliphatic rings. The summed E-state index contributed by atoms with van der Waals surface area (Å²) >= 11 is 0. The van der Waals surface area contributed by atoms with Crippen molar-refractivity contribution < 1.29 is 21.6 Å². The monoisotopic (exact) mass is 474 g/mol. The smallest absolute Gasteiger partial charge is 0.315 e. The van der Waals surface area contributed by atoms with Crippen molar-refractivity contribution in [1.82, 2.24) is 0 Å². The number of ketones is 1. The van der Waals surface area contributed by atoms with E-state index in [1.807, 2.05) is 12.1 Å². The Balaban J connectivity index is 2.55. The molecule has 0 saturated heterocycles. The van der Waals surface area contributed by atoms with Crippen LogP contribution in [0, 0.1) is 0 Å². The Morgan fingerprint density at radius 2 is 1.48 bits per heavy atom. The van der Waals surface area contributed by atoms with Crippen LogP contribution in [0.5, 0.6) is 0 Å². The van der Waals surface area contributed by atoms with Crippen molar-refractivity contribution in [2.24, 2.45) is 0 Å². The van der Waals surface area contributed by atoms with Gasteiger partial charge in [-0.15, -0.1) is 0 Å². The van der Waals surface area contributed by atoms with Gasteiger partial charge in [0.1, 0.15) is 11.5 Å². The summed E-state index contributed by atoms with van der Waals surface area (Å²) in [4.78, 5) is 12.2. The van der Waals surface area contributed by atoms with Crippen molar-refractivity contribution in [3.8, 4) is 0 Å². The first-order chi connectivity index (χ1) is 13.1. The van der Waals surface area contributed by atoms with Crippen molar-refractivity contribution in [1.29, 1.82) is 0 Å². The lowest BCUT2D eigenvalue weighted by molar-refractivity contribution is -0.119. The normalized spacial score (nSPS) is 15.3. The molecule has 0 amide bonds. The fourth-order valence-electron chi connectivity index (χ4n) is 3.66. The Bertz CT molecular complexity index is 620. The maximum atomic E-state index is 12.2. The van der Waals surface area contributed by atoms with Crippen molar-refractivity contribution in [3.63, 3.8) is 0 Å². The summed E-state index contributed by atoms with van der Waals surface area (Å²) in [7, 11) is -8.03. The quantitative estimate of drug-likeness (QED) is 0.229. The Morgan fingerprint density at radius 3 is 2.00 bits per heavy atom. The van der Waals surface area contributed by atoms with Gasteiger partial charge in [-0.25, -0.2) is 0 Å². The van der Waals surface area contributed by atoms with E-state index in [1.165, 1.54) is 0 Å². The van der Waals surface area contributed by atoms with E-state index in [1.54, 1.807) is 6.26 Å². The summed E-state index contributed by atoms with van der Waals surface area (Å²) < 4.78 is 25.0. The largest absolute Gasteiger partial charge is 0.469 e. The summed E-state index contributed by atoms with van der Waals surface area (Å²) in [5.41, 5.74) is 0. The van der Waals surface area contributed by atoms with Gasteiger partial charge < -0.3 is 16.8 Å². The third-order valence-corrected chi connectivity index (χ3v) is 17.7. The van der Waals surface area contributed by atoms with Crippen molar-refractivity contribution in [2.75, 3.05) is 0 Å². The molecule has 1 aromatic heterocycles. The van der Waals surface area contributed by atoms with E-state index in [-0.39, 0.29) is 0 Å². The number of unbranched alkanes of at least 4 members (excludes halogenated alkanes) is 1. The number of hydrogen-bond acceptors (Lipinski definition) is 5. The maximum Gasteiger partial charge on any atom is 0.315 e. The molecule has 1 atom stereocenters. The van der Waals surface area contributed by atoms with Crippen LogP contribution in [0.1, 0.15) is 31.4 Å². The maximum absolute atomic E-state index is 12.2. The zero-order chi connectivity index (χ0) is 22.3. The highest BCUT2D eigenvalue weighted by Gasteiger charge is 2.44. The molecule has 0 bridgehead atoms. The van der Waals surface area contributed by atoms with E-state index in [2.05, 4.69) is 58.9 Å². The zero-order valence-electron chi connectivity index (χ0n) is 20.0. The van der Waals surface area contributed by atoms with Gasteiger partial charge in [-0.1, -0.05) is 6.42 Å². The molecule has 1 heterocycles. The lowest BCUT2D eigenvalue weighted by atomic mass is 10.1. The molecule has 0 saturated carbocycles. The molecule has 0 aromatic carbocycles. The van der Waals surface area contributed by atoms with E-state index < -0.39 is 33.8 Å². The average Bonchev–Trinajstić information content (AvgIpc) is 2.97. The minimum Gasteiger partial charge on any atom is -0.469 e. The Labute approximate surface area is 182 Å². The van der Waals surface area contributed by atoms with Crippen LogP contribution >= 0.6 is 0 Å². The number of carbonyl (C=O) groups excluding carboxylic acids is 1. The molecule has 0 unspecified atom stereocenters. The average molecular weight is 475 g/mol. The number of Topliss-reactive ketones (excluding diaryl/α,β-unsaturated/α-hetero) is 1. The molecule has 1 rings (SSSR count). The number of furan rings is 1. The highest BCUT2D eigenvalue weighted by atomic mass is 28.5. The molecule has 9 heteroatoms. The lowest BCUT2D eigenvalue weighted by Gasteiger charge is -2.41. The molecule has 0 aliphatic heterocycles. The van der Waals surface area contributed by atoms with Gasteiger partial charge in [-0.05, 0) is 83.5 Å². The van der Waals surface area contributed by atoms with E-state index >= 15 is 0 Å². The summed E-state index contributed by atoms with van der Waals surface area (Å²) in [6, 6.07) is 4.69. The Hall–Kier alpha value is -0.302. The first kappa shape index (κ1) is 26.7. The predicted octanol–water partition coefficient (Wildman–Crippen LogP) is 6.45. The van der Waals surface area contributed by atoms with E-state index in [0.717, 1.165) is 24.6 Å². The topological polar surface area (TPSA) is 57.9 Å². The van der Waals surface area contributed by atoms with E-state index in [0.29, 0.717) is 25.0 Å². The summed E-state index contributed by atoms with van der Waals surface area (Å²) in [6.07, 6.45) is 5.35. The molecule has 5 nitrogen and oxygen atoms in total. The molecule has 168 valence electrons. The molecule has 0 spiro atoms. The highest BCUT2D eigenvalue weighted by molar-refractivity contribution is 6.89. The van der Waals surface area contributed by atoms with Crippen molar-refractivity contribution >= 4 is 39.5 Å². The van der Waals surface area contributed by atoms with Gasteiger partial charge in [0, 0.05) is 19.3 Å². The van der Waals surface area contributed by atoms with Gasteiger partial charge in [-0.2, -0.15) is 0 Å². The van der Waals surface area contributed by atoms with Gasteiger partial charge in [0.2, 0.25) is 0 Å². The van der Waals surface area contributed by atoms with Crippen molar-refractivity contribution in [2.45, 2.75) is 97.1 Å². The van der Waals surface area contributed by atoms with Gasteiger partial charge in [0.15, 0.2) is 16.6 Å². The minimum absolute atomic E-state index is 0.300. The molecule has 0 aliphatic carbocycles. The summed E-state index contributed by atoms with van der Waals surface area (Å²) in [5, 5.41) is 0. The lowest BCUT2D eigenvalue weighted by Crippen LogP contribution is -2.56. The van der Waals surface area contributed by atoms with Crippen LogP contribution in [0.25, 0.3) is 0 Å². The third kappa shape index (κ3) is 12.9. The predicted molar refractivity (Wildman–Crippen MR) is 130 cm³/mol. The van der Waals surface area contributed by atoms with E-state index in [9.17, 15) is 4.79 Å². The van der Waals surface area contributed by atoms with Crippen molar-refractivity contribution in [3.05, 3.63) is 24.2 Å². The van der Waals surface area contributed by atoms with Gasteiger partial charge in [0.25, 0.3) is 0 Å². The zero-order valence-corrected chi connectivity index (χ0v) is 24.0. The fraction of sp³-hybridized carbons (Fsp3) is 0.750. The number of hydrogen-bond donors (Lipinski definition) is 0. The fourth-order valence-corrected chi connectivity index (χ4v) is 21.7. The molecule has 1 aromatic rings. The minimum atomic E-state index is -2.36. The second-order valence-electron chi connectivity index (χ2n) is 10.4. The molecular formula is C20H42O5Si4. The molecule has 29 heavy (non-hydrogen) atoms. The molecule has 0 fully saturated rings. The number of carbonyl (C=O) groups is 1. The van der Waals surface area contributed by atoms with Crippen LogP contribution < -0.4 is 0 Å². The van der Waals surface area contributed by atoms with Crippen LogP contribution in [0.2, 0.25) is 65.0 Å². The Morgan fingerprint density at radius 1 is 0.862 bits per heavy atom. The second-order valence-corrected chi connectivity index (χ2v) is 26.9. The first-order valence-corrected chi connectivity index (χ1v) is 22.9. The van der Waals surface area contributed by atoms with Gasteiger partial charge in [-0.3, -0.25) is 4.79 Å². The van der Waals surface area contributed by atoms with Crippen LogP contribution in [0.3, 0.4) is 0 Å². The molecule has 0 radical (unpaired) electrons. The second kappa shape index (κ2) is 10.8. The summed E-state index contributed by atoms with van der Waals surface area (Å²) in [5.74, 6) is 1.18. The van der Waals surface area contributed by atoms with Crippen LogP contribution in [-0.4, -0.2) is 39.5 Å². The van der Waals surface area contributed by atoms with Crippen LogP contribution in [0.4, 0.5) is 0 Å². The first-order valence-electron chi connectivity index (χ1n) is 10.7. The highest BCUT2D eigenvalue weighted by Crippen LogP contribution is 2.28. The number of aryl methyl sites for hydroxylation is 1. The van der Waals surface area contributed by atoms with Crippen LogP contribution in [0.15, 0.2) is 22.8 Å². The molecule has 0 N–H and O–H groups in total. The van der Waals surface area contributed by atoms with Crippen LogP contribution in [-0.2, 0) is 23.6 Å². The standard InChI is InChI=1S/C20H42O5Si4/c1-26(2,3)23-28(7,8)25-29(9,24-27(4,5)6)18-11-10-13-19(21)15-16-20-14-12-17-22-20/h12,14,17H,10-11,13,15-16,18H2,1-9H3/t29-/m1/s1. The summed E-state index contributed by atoms with van der Waals surface area (Å²) in [6.45, 7) is 19.7. The van der Waals surface area contributed by atoms with E-state index in [4.69, 9.17) is 16.8 Å². The SMILES string of the molecule is C[Si](C)(C)O[Si](C)(C)O[Si@](C)(CCCCC(=O)CCc1ccco1)O[Si](C)(C)C. The van der Waals surface area contributed by atoms with Gasteiger partial charge in [0.05, 0.1) is 6.26 Å². The number of rotatable bonds is 14. The Kier molecular flexibility index (Phi) is 9.98. The molecular weight excluding hydrogens is 433 g/mol.